The molecule has 1 saturated heterocycles. The van der Waals surface area contributed by atoms with E-state index in [1.165, 1.54) is 6.33 Å². The van der Waals surface area contributed by atoms with Crippen LogP contribution in [0.1, 0.15) is 0 Å². The summed E-state index contributed by atoms with van der Waals surface area (Å²) >= 11 is 0. The molecule has 0 saturated carbocycles. The molecule has 1 atom stereocenters. The zero-order chi connectivity index (χ0) is 12.5. The first-order valence-electron chi connectivity index (χ1n) is 5.68. The van der Waals surface area contributed by atoms with E-state index in [-0.39, 0.29) is 5.91 Å². The smallest absolute Gasteiger partial charge is 0.241 e. The number of amides is 1. The molecule has 0 aliphatic carbocycles. The molecule has 0 radical (unpaired) electrons. The molecule has 1 fully saturated rings. The summed E-state index contributed by atoms with van der Waals surface area (Å²) in [5.41, 5.74) is 6.74. The molecule has 0 bridgehead atoms. The summed E-state index contributed by atoms with van der Waals surface area (Å²) in [7, 11) is 0. The van der Waals surface area contributed by atoms with E-state index >= 15 is 0 Å². The topological polar surface area (TPSA) is 113 Å². The third-order valence-electron chi connectivity index (χ3n) is 3.05. The first-order chi connectivity index (χ1) is 8.77. The number of fused-ring (bicyclic) bond motifs is 1. The Balaban J connectivity index is 2.06. The van der Waals surface area contributed by atoms with E-state index < -0.39 is 6.04 Å². The van der Waals surface area contributed by atoms with Crippen LogP contribution in [0.4, 0.5) is 5.82 Å². The number of piperazine rings is 1. The highest BCUT2D eigenvalue weighted by Crippen LogP contribution is 2.22. The van der Waals surface area contributed by atoms with Gasteiger partial charge in [0.05, 0.1) is 6.33 Å². The van der Waals surface area contributed by atoms with Crippen molar-refractivity contribution in [1.82, 2.24) is 25.3 Å². The highest BCUT2D eigenvalue weighted by Gasteiger charge is 2.29. The molecule has 8 nitrogen and oxygen atoms in total. The Morgan fingerprint density at radius 1 is 1.44 bits per heavy atom. The minimum Gasteiger partial charge on any atom is -0.368 e. The summed E-state index contributed by atoms with van der Waals surface area (Å²) in [6, 6.07) is -0.403. The number of nitrogens with one attached hydrogen (secondary N) is 2. The number of nitrogens with two attached hydrogens (primary N) is 1. The van der Waals surface area contributed by atoms with Crippen molar-refractivity contribution >= 4 is 22.9 Å². The van der Waals surface area contributed by atoms with Crippen molar-refractivity contribution in [2.45, 2.75) is 6.04 Å². The number of hydrogen-bond acceptors (Lipinski definition) is 6. The minimum absolute atomic E-state index is 0.367. The maximum atomic E-state index is 11.5. The molecule has 1 aliphatic rings. The molecule has 94 valence electrons. The molecular weight excluding hydrogens is 234 g/mol. The summed E-state index contributed by atoms with van der Waals surface area (Å²) in [5, 5.41) is 3.15. The van der Waals surface area contributed by atoms with Crippen LogP contribution >= 0.6 is 0 Å². The molecule has 0 aromatic carbocycles. The predicted molar refractivity (Wildman–Crippen MR) is 64.9 cm³/mol. The quantitative estimate of drug-likeness (QED) is 0.602. The van der Waals surface area contributed by atoms with Gasteiger partial charge in [-0.15, -0.1) is 0 Å². The van der Waals surface area contributed by atoms with E-state index in [0.29, 0.717) is 24.6 Å². The molecule has 1 aliphatic heterocycles. The van der Waals surface area contributed by atoms with Gasteiger partial charge in [0.15, 0.2) is 11.5 Å². The van der Waals surface area contributed by atoms with Crippen LogP contribution in [0.2, 0.25) is 0 Å². The van der Waals surface area contributed by atoms with Gasteiger partial charge in [0.25, 0.3) is 0 Å². The number of nitrogens with zero attached hydrogens (tertiary/aromatic N) is 4. The molecule has 0 spiro atoms. The normalized spacial score (nSPS) is 20.2. The largest absolute Gasteiger partial charge is 0.368 e. The van der Waals surface area contributed by atoms with E-state index in [2.05, 4.69) is 25.3 Å². The van der Waals surface area contributed by atoms with E-state index in [1.807, 2.05) is 4.90 Å². The maximum Gasteiger partial charge on any atom is 0.241 e. The molecule has 18 heavy (non-hydrogen) atoms. The number of carbonyl (C=O) groups excluding carboxylic acids is 1. The van der Waals surface area contributed by atoms with Crippen LogP contribution in [0, 0.1) is 0 Å². The average molecular weight is 247 g/mol. The Bertz CT molecular complexity index is 580. The SMILES string of the molecule is NC(=O)C1CNCCN1c1ncnc2nc[nH]c12. The van der Waals surface area contributed by atoms with Gasteiger partial charge >= 0.3 is 0 Å². The fourth-order valence-corrected chi connectivity index (χ4v) is 2.18. The number of rotatable bonds is 2. The molecule has 8 heteroatoms. The van der Waals surface area contributed by atoms with Crippen molar-refractivity contribution in [3.05, 3.63) is 12.7 Å². The first kappa shape index (κ1) is 10.9. The maximum absolute atomic E-state index is 11.5. The van der Waals surface area contributed by atoms with Crippen LogP contribution in [-0.4, -0.2) is 51.5 Å². The van der Waals surface area contributed by atoms with Gasteiger partial charge in [-0.2, -0.15) is 0 Å². The molecule has 2 aromatic rings. The lowest BCUT2D eigenvalue weighted by atomic mass is 10.2. The molecule has 4 N–H and O–H groups in total. The number of carbonyl (C=O) groups is 1. The molecule has 1 amide bonds. The highest BCUT2D eigenvalue weighted by molar-refractivity contribution is 5.89. The number of primary amides is 1. The van der Waals surface area contributed by atoms with Crippen LogP contribution in [0.25, 0.3) is 11.2 Å². The predicted octanol–water partition coefficient (Wildman–Crippen LogP) is -1.38. The van der Waals surface area contributed by atoms with Crippen molar-refractivity contribution in [1.29, 1.82) is 0 Å². The van der Waals surface area contributed by atoms with Crippen LogP contribution in [0.15, 0.2) is 12.7 Å². The second-order valence-corrected chi connectivity index (χ2v) is 4.11. The minimum atomic E-state index is -0.403. The lowest BCUT2D eigenvalue weighted by Crippen LogP contribution is -2.57. The van der Waals surface area contributed by atoms with Crippen molar-refractivity contribution in [2.75, 3.05) is 24.5 Å². The highest BCUT2D eigenvalue weighted by atomic mass is 16.1. The molecule has 2 aromatic heterocycles. The number of anilines is 1. The van der Waals surface area contributed by atoms with E-state index in [1.54, 1.807) is 6.33 Å². The van der Waals surface area contributed by atoms with Crippen LogP contribution in [0.3, 0.4) is 0 Å². The Morgan fingerprint density at radius 3 is 3.17 bits per heavy atom. The van der Waals surface area contributed by atoms with Crippen molar-refractivity contribution in [2.24, 2.45) is 5.73 Å². The van der Waals surface area contributed by atoms with Crippen LogP contribution in [0.5, 0.6) is 0 Å². The fourth-order valence-electron chi connectivity index (χ4n) is 2.18. The van der Waals surface area contributed by atoms with Gasteiger partial charge < -0.3 is 20.9 Å². The summed E-state index contributed by atoms with van der Waals surface area (Å²) in [6.45, 7) is 1.97. The van der Waals surface area contributed by atoms with Gasteiger partial charge in [0.1, 0.15) is 17.9 Å². The molecular formula is C10H13N7O. The Kier molecular flexibility index (Phi) is 2.56. The van der Waals surface area contributed by atoms with Gasteiger partial charge in [-0.3, -0.25) is 4.79 Å². The van der Waals surface area contributed by atoms with Gasteiger partial charge in [-0.05, 0) is 0 Å². The Morgan fingerprint density at radius 2 is 2.33 bits per heavy atom. The number of hydrogen-bond donors (Lipinski definition) is 3. The Labute approximate surface area is 103 Å². The lowest BCUT2D eigenvalue weighted by Gasteiger charge is -2.34. The summed E-state index contributed by atoms with van der Waals surface area (Å²) < 4.78 is 0. The molecule has 3 heterocycles. The van der Waals surface area contributed by atoms with Crippen LogP contribution in [-0.2, 0) is 4.79 Å². The van der Waals surface area contributed by atoms with Crippen molar-refractivity contribution in [3.63, 3.8) is 0 Å². The monoisotopic (exact) mass is 247 g/mol. The van der Waals surface area contributed by atoms with Crippen molar-refractivity contribution < 1.29 is 4.79 Å². The number of aromatic amines is 1. The van der Waals surface area contributed by atoms with Gasteiger partial charge in [-0.25, -0.2) is 15.0 Å². The Hall–Kier alpha value is -2.22. The van der Waals surface area contributed by atoms with Gasteiger partial charge in [0.2, 0.25) is 5.91 Å². The number of imidazole rings is 1. The summed E-state index contributed by atoms with van der Waals surface area (Å²) in [6.07, 6.45) is 3.00. The molecule has 3 rings (SSSR count). The second kappa shape index (κ2) is 4.22. The number of H-pyrrole nitrogens is 1. The molecule has 1 unspecified atom stereocenters. The zero-order valence-corrected chi connectivity index (χ0v) is 9.63. The standard InChI is InChI=1S/C10H13N7O/c11-8(18)6-3-12-1-2-17(6)10-7-9(14-4-13-7)15-5-16-10/h4-6,12H,1-3H2,(H2,11,18)(H,13,14,15,16). The van der Waals surface area contributed by atoms with Crippen LogP contribution < -0.4 is 16.0 Å². The van der Waals surface area contributed by atoms with E-state index in [9.17, 15) is 4.79 Å². The van der Waals surface area contributed by atoms with E-state index in [4.69, 9.17) is 5.73 Å². The first-order valence-corrected chi connectivity index (χ1v) is 5.68. The van der Waals surface area contributed by atoms with Gasteiger partial charge in [-0.1, -0.05) is 0 Å². The summed E-state index contributed by atoms with van der Waals surface area (Å²) in [4.78, 5) is 28.7. The number of aromatic nitrogens is 4. The third kappa shape index (κ3) is 1.66. The fraction of sp³-hybridized carbons (Fsp3) is 0.400. The average Bonchev–Trinajstić information content (AvgIpc) is 2.86. The van der Waals surface area contributed by atoms with E-state index in [0.717, 1.165) is 12.1 Å². The van der Waals surface area contributed by atoms with Crippen molar-refractivity contribution in [3.8, 4) is 0 Å². The third-order valence-corrected chi connectivity index (χ3v) is 3.05. The zero-order valence-electron chi connectivity index (χ0n) is 9.63. The van der Waals surface area contributed by atoms with Gasteiger partial charge in [0, 0.05) is 19.6 Å². The summed E-state index contributed by atoms with van der Waals surface area (Å²) in [5.74, 6) is 0.302. The second-order valence-electron chi connectivity index (χ2n) is 4.11. The lowest BCUT2D eigenvalue weighted by molar-refractivity contribution is -0.119.